The van der Waals surface area contributed by atoms with Gasteiger partial charge in [0, 0.05) is 28.1 Å². The van der Waals surface area contributed by atoms with E-state index in [0.717, 1.165) is 48.1 Å². The molecule has 0 unspecified atom stereocenters. The maximum atomic E-state index is 12.8. The Bertz CT molecular complexity index is 725. The van der Waals surface area contributed by atoms with E-state index >= 15 is 0 Å². The zero-order valence-electron chi connectivity index (χ0n) is 14.1. The van der Waals surface area contributed by atoms with Crippen molar-refractivity contribution in [3.8, 4) is 0 Å². The Morgan fingerprint density at radius 2 is 1.92 bits per heavy atom. The number of nitrogens with one attached hydrogen (secondary N) is 1. The van der Waals surface area contributed by atoms with Crippen molar-refractivity contribution in [2.75, 3.05) is 32.8 Å². The number of carbonyl (C=O) groups is 1. The number of para-hydroxylation sites is 1. The summed E-state index contributed by atoms with van der Waals surface area (Å²) in [5, 5.41) is 1.03. The molecule has 2 aliphatic heterocycles. The minimum Gasteiger partial charge on any atom is -0.358 e. The molecular formula is C19H24N2O3. The number of likely N-dealkylation sites (tertiary alicyclic amines) is 1. The summed E-state index contributed by atoms with van der Waals surface area (Å²) in [6.07, 6.45) is 2.04. The monoisotopic (exact) mass is 328 g/mol. The lowest BCUT2D eigenvalue weighted by Crippen LogP contribution is -2.40. The number of carbonyl (C=O) groups excluding carboxylic acids is 1. The van der Waals surface area contributed by atoms with Crippen molar-refractivity contribution in [2.45, 2.75) is 26.1 Å². The van der Waals surface area contributed by atoms with E-state index in [1.807, 2.05) is 31.2 Å². The standard InChI is InChI=1S/C19H24N2O3/c1-13-18(15-4-2-3-5-16(15)20-13)17(22)12-21-8-6-14(7-9-21)19-23-10-11-24-19/h2-5,14,19-20H,6-12H2,1H3. The summed E-state index contributed by atoms with van der Waals surface area (Å²) in [5.41, 5.74) is 2.84. The average molecular weight is 328 g/mol. The van der Waals surface area contributed by atoms with Crippen LogP contribution in [0.2, 0.25) is 0 Å². The number of rotatable bonds is 4. The van der Waals surface area contributed by atoms with Crippen molar-refractivity contribution < 1.29 is 14.3 Å². The summed E-state index contributed by atoms with van der Waals surface area (Å²) in [6.45, 7) is 5.75. The summed E-state index contributed by atoms with van der Waals surface area (Å²) in [6, 6.07) is 8.02. The third-order valence-electron chi connectivity index (χ3n) is 5.20. The van der Waals surface area contributed by atoms with Crippen LogP contribution in [0.3, 0.4) is 0 Å². The highest BCUT2D eigenvalue weighted by atomic mass is 16.7. The molecular weight excluding hydrogens is 304 g/mol. The molecule has 0 aliphatic carbocycles. The van der Waals surface area contributed by atoms with Gasteiger partial charge in [0.05, 0.1) is 19.8 Å². The topological polar surface area (TPSA) is 54.6 Å². The van der Waals surface area contributed by atoms with Gasteiger partial charge in [-0.1, -0.05) is 18.2 Å². The van der Waals surface area contributed by atoms with Crippen LogP contribution in [0.15, 0.2) is 24.3 Å². The normalized spacial score (nSPS) is 20.9. The Morgan fingerprint density at radius 3 is 2.67 bits per heavy atom. The molecule has 0 amide bonds. The molecule has 128 valence electrons. The van der Waals surface area contributed by atoms with Crippen LogP contribution < -0.4 is 0 Å². The Morgan fingerprint density at radius 1 is 1.21 bits per heavy atom. The lowest BCUT2D eigenvalue weighted by molar-refractivity contribution is -0.0968. The number of aromatic nitrogens is 1. The second kappa shape index (κ2) is 6.67. The molecule has 1 aromatic heterocycles. The summed E-state index contributed by atoms with van der Waals surface area (Å²) >= 11 is 0. The van der Waals surface area contributed by atoms with Gasteiger partial charge < -0.3 is 14.5 Å². The van der Waals surface area contributed by atoms with Gasteiger partial charge in [0.1, 0.15) is 0 Å². The smallest absolute Gasteiger partial charge is 0.179 e. The number of nitrogens with zero attached hydrogens (tertiary/aromatic N) is 1. The molecule has 5 nitrogen and oxygen atoms in total. The van der Waals surface area contributed by atoms with E-state index in [4.69, 9.17) is 9.47 Å². The number of aromatic amines is 1. The molecule has 3 heterocycles. The Labute approximate surface area is 141 Å². The molecule has 1 N–H and O–H groups in total. The lowest BCUT2D eigenvalue weighted by atomic mass is 9.95. The first-order valence-electron chi connectivity index (χ1n) is 8.78. The molecule has 2 aromatic rings. The molecule has 2 fully saturated rings. The highest BCUT2D eigenvalue weighted by Crippen LogP contribution is 2.27. The number of Topliss-reactive ketones (excluding diaryl/α,β-unsaturated/α-hetero) is 1. The third kappa shape index (κ3) is 2.99. The van der Waals surface area contributed by atoms with Gasteiger partial charge >= 0.3 is 0 Å². The fourth-order valence-electron chi connectivity index (χ4n) is 3.95. The van der Waals surface area contributed by atoms with Crippen LogP contribution in [0.5, 0.6) is 0 Å². The quantitative estimate of drug-likeness (QED) is 0.877. The van der Waals surface area contributed by atoms with Gasteiger partial charge in [0.2, 0.25) is 0 Å². The fourth-order valence-corrected chi connectivity index (χ4v) is 3.95. The van der Waals surface area contributed by atoms with Gasteiger partial charge in [-0.25, -0.2) is 0 Å². The van der Waals surface area contributed by atoms with Crippen LogP contribution >= 0.6 is 0 Å². The molecule has 0 atom stereocenters. The summed E-state index contributed by atoms with van der Waals surface area (Å²) in [7, 11) is 0. The van der Waals surface area contributed by atoms with Crippen LogP contribution in [-0.4, -0.2) is 54.8 Å². The van der Waals surface area contributed by atoms with Crippen molar-refractivity contribution in [3.05, 3.63) is 35.5 Å². The largest absolute Gasteiger partial charge is 0.358 e. The molecule has 0 spiro atoms. The van der Waals surface area contributed by atoms with Crippen molar-refractivity contribution in [1.82, 2.24) is 9.88 Å². The maximum Gasteiger partial charge on any atom is 0.179 e. The van der Waals surface area contributed by atoms with E-state index in [1.54, 1.807) is 0 Å². The number of fused-ring (bicyclic) bond motifs is 1. The van der Waals surface area contributed by atoms with E-state index in [0.29, 0.717) is 25.7 Å². The van der Waals surface area contributed by atoms with Gasteiger partial charge in [-0.15, -0.1) is 0 Å². The zero-order chi connectivity index (χ0) is 16.5. The molecule has 0 bridgehead atoms. The minimum atomic E-state index is -0.0290. The fraction of sp³-hybridized carbons (Fsp3) is 0.526. The van der Waals surface area contributed by atoms with Crippen molar-refractivity contribution in [1.29, 1.82) is 0 Å². The van der Waals surface area contributed by atoms with Gasteiger partial charge in [-0.2, -0.15) is 0 Å². The second-order valence-electron chi connectivity index (χ2n) is 6.82. The Hall–Kier alpha value is -1.69. The molecule has 0 radical (unpaired) electrons. The van der Waals surface area contributed by atoms with Crippen LogP contribution in [0, 0.1) is 12.8 Å². The molecule has 2 saturated heterocycles. The molecule has 2 aliphatic rings. The first-order valence-corrected chi connectivity index (χ1v) is 8.78. The van der Waals surface area contributed by atoms with E-state index in [1.165, 1.54) is 0 Å². The van der Waals surface area contributed by atoms with Gasteiger partial charge in [0.15, 0.2) is 12.1 Å². The number of hydrogen-bond donors (Lipinski definition) is 1. The van der Waals surface area contributed by atoms with Crippen molar-refractivity contribution in [3.63, 3.8) is 0 Å². The zero-order valence-corrected chi connectivity index (χ0v) is 14.1. The molecule has 1 aromatic carbocycles. The number of H-pyrrole nitrogens is 1. The van der Waals surface area contributed by atoms with Crippen LogP contribution in [0.4, 0.5) is 0 Å². The highest BCUT2D eigenvalue weighted by molar-refractivity contribution is 6.10. The van der Waals surface area contributed by atoms with E-state index in [2.05, 4.69) is 9.88 Å². The van der Waals surface area contributed by atoms with Gasteiger partial charge in [0.25, 0.3) is 0 Å². The predicted octanol–water partition coefficient (Wildman–Crippen LogP) is 2.74. The first kappa shape index (κ1) is 15.8. The average Bonchev–Trinajstić information content (AvgIpc) is 3.22. The molecule has 5 heteroatoms. The highest BCUT2D eigenvalue weighted by Gasteiger charge is 2.31. The van der Waals surface area contributed by atoms with Gasteiger partial charge in [-0.3, -0.25) is 9.69 Å². The number of benzene rings is 1. The van der Waals surface area contributed by atoms with Gasteiger partial charge in [-0.05, 0) is 38.9 Å². The predicted molar refractivity (Wildman–Crippen MR) is 92.2 cm³/mol. The van der Waals surface area contributed by atoms with Crippen molar-refractivity contribution >= 4 is 16.7 Å². The number of piperidine rings is 1. The Balaban J connectivity index is 1.40. The van der Waals surface area contributed by atoms with Crippen LogP contribution in [0.1, 0.15) is 28.9 Å². The number of ether oxygens (including phenoxy) is 2. The minimum absolute atomic E-state index is 0.0290. The number of aryl methyl sites for hydroxylation is 1. The van der Waals surface area contributed by atoms with E-state index < -0.39 is 0 Å². The third-order valence-corrected chi connectivity index (χ3v) is 5.20. The van der Waals surface area contributed by atoms with E-state index in [9.17, 15) is 4.79 Å². The van der Waals surface area contributed by atoms with Crippen LogP contribution in [-0.2, 0) is 9.47 Å². The number of ketones is 1. The maximum absolute atomic E-state index is 12.8. The second-order valence-corrected chi connectivity index (χ2v) is 6.82. The lowest BCUT2D eigenvalue weighted by Gasteiger charge is -2.33. The SMILES string of the molecule is Cc1[nH]c2ccccc2c1C(=O)CN1CCC(C2OCCO2)CC1. The van der Waals surface area contributed by atoms with E-state index in [-0.39, 0.29) is 12.1 Å². The first-order chi connectivity index (χ1) is 11.7. The molecule has 0 saturated carbocycles. The summed E-state index contributed by atoms with van der Waals surface area (Å²) < 4.78 is 11.2. The van der Waals surface area contributed by atoms with Crippen LogP contribution in [0.25, 0.3) is 10.9 Å². The summed E-state index contributed by atoms with van der Waals surface area (Å²) in [4.78, 5) is 18.4. The van der Waals surface area contributed by atoms with Crippen molar-refractivity contribution in [2.24, 2.45) is 5.92 Å². The molecule has 4 rings (SSSR count). The summed E-state index contributed by atoms with van der Waals surface area (Å²) in [5.74, 6) is 0.672. The number of hydrogen-bond acceptors (Lipinski definition) is 4. The Kier molecular flexibility index (Phi) is 4.39. The molecule has 24 heavy (non-hydrogen) atoms.